The molecule has 0 aromatic carbocycles. The zero-order chi connectivity index (χ0) is 14.2. The van der Waals surface area contributed by atoms with Gasteiger partial charge in [-0.2, -0.15) is 0 Å². The highest BCUT2D eigenvalue weighted by molar-refractivity contribution is 4.94. The number of rotatable bonds is 2. The summed E-state index contributed by atoms with van der Waals surface area (Å²) in [7, 11) is 0. The van der Waals surface area contributed by atoms with Gasteiger partial charge in [-0.25, -0.2) is 9.18 Å². The molecule has 1 fully saturated rings. The van der Waals surface area contributed by atoms with Gasteiger partial charge in [0.2, 0.25) is 0 Å². The third kappa shape index (κ3) is 2.45. The molecule has 0 radical (unpaired) electrons. The lowest BCUT2D eigenvalue weighted by Gasteiger charge is -2.39. The zero-order valence-corrected chi connectivity index (χ0v) is 9.64. The molecule has 1 aromatic rings. The summed E-state index contributed by atoms with van der Waals surface area (Å²) in [6.07, 6.45) is -7.28. The van der Waals surface area contributed by atoms with E-state index in [4.69, 9.17) is 9.84 Å². The minimum atomic E-state index is -2.09. The standard InChI is InChI=1S/C10H13FN2O6/c11-6-7(16)4(3-14)19-9(8(6)17)13-2-1-5(15)12-10(13)18/h1-2,4,6-9,14,16-17H,3H2,(H,12,15,18)/t4-,6+,7?,8?,9-/m1/s1. The van der Waals surface area contributed by atoms with Crippen LogP contribution in [0.3, 0.4) is 0 Å². The summed E-state index contributed by atoms with van der Waals surface area (Å²) in [6, 6.07) is 1.00. The van der Waals surface area contributed by atoms with Crippen molar-refractivity contribution in [2.24, 2.45) is 0 Å². The number of ether oxygens (including phenoxy) is 1. The minimum Gasteiger partial charge on any atom is -0.394 e. The summed E-state index contributed by atoms with van der Waals surface area (Å²) < 4.78 is 19.5. The number of aromatic nitrogens is 2. The van der Waals surface area contributed by atoms with Crippen LogP contribution < -0.4 is 11.2 Å². The summed E-state index contributed by atoms with van der Waals surface area (Å²) in [4.78, 5) is 24.4. The molecule has 0 amide bonds. The van der Waals surface area contributed by atoms with E-state index in [0.717, 1.165) is 16.8 Å². The van der Waals surface area contributed by atoms with Gasteiger partial charge in [-0.1, -0.05) is 0 Å². The topological polar surface area (TPSA) is 125 Å². The number of alkyl halides is 1. The van der Waals surface area contributed by atoms with E-state index >= 15 is 0 Å². The van der Waals surface area contributed by atoms with Gasteiger partial charge in [-0.3, -0.25) is 14.3 Å². The van der Waals surface area contributed by atoms with Crippen LogP contribution in [0.4, 0.5) is 4.39 Å². The average molecular weight is 276 g/mol. The molecule has 1 saturated heterocycles. The number of hydrogen-bond donors (Lipinski definition) is 4. The largest absolute Gasteiger partial charge is 0.394 e. The van der Waals surface area contributed by atoms with E-state index in [-0.39, 0.29) is 0 Å². The molecule has 1 aliphatic heterocycles. The monoisotopic (exact) mass is 276 g/mol. The Kier molecular flexibility index (Phi) is 3.80. The van der Waals surface area contributed by atoms with E-state index in [9.17, 15) is 24.2 Å². The first-order chi connectivity index (χ1) is 8.95. The highest BCUT2D eigenvalue weighted by atomic mass is 19.1. The molecule has 0 bridgehead atoms. The molecule has 0 saturated carbocycles. The smallest absolute Gasteiger partial charge is 0.330 e. The van der Waals surface area contributed by atoms with Crippen LogP contribution in [0.2, 0.25) is 0 Å². The maximum atomic E-state index is 13.7. The average Bonchev–Trinajstić information content (AvgIpc) is 2.38. The second-order valence-electron chi connectivity index (χ2n) is 4.19. The maximum Gasteiger partial charge on any atom is 0.330 e. The lowest BCUT2D eigenvalue weighted by Crippen LogP contribution is -2.56. The number of aliphatic hydroxyl groups is 3. The SMILES string of the molecule is O=c1ccn([C@@H]2O[C@H](CO)C(O)[C@H](F)C2O)c(=O)[nH]1. The fourth-order valence-electron chi connectivity index (χ4n) is 1.91. The van der Waals surface area contributed by atoms with Gasteiger partial charge in [0.1, 0.15) is 18.3 Å². The van der Waals surface area contributed by atoms with Crippen molar-refractivity contribution in [3.05, 3.63) is 33.1 Å². The van der Waals surface area contributed by atoms with E-state index in [1.54, 1.807) is 0 Å². The molecule has 106 valence electrons. The molecule has 19 heavy (non-hydrogen) atoms. The van der Waals surface area contributed by atoms with Crippen molar-refractivity contribution in [2.75, 3.05) is 6.61 Å². The molecule has 8 nitrogen and oxygen atoms in total. The number of nitrogens with one attached hydrogen (secondary N) is 1. The Morgan fingerprint density at radius 1 is 1.37 bits per heavy atom. The normalized spacial score (nSPS) is 35.3. The number of aromatic amines is 1. The van der Waals surface area contributed by atoms with Gasteiger partial charge in [-0.15, -0.1) is 0 Å². The first-order valence-electron chi connectivity index (χ1n) is 5.53. The van der Waals surface area contributed by atoms with Gasteiger partial charge in [0, 0.05) is 12.3 Å². The highest BCUT2D eigenvalue weighted by Gasteiger charge is 2.45. The van der Waals surface area contributed by atoms with Crippen LogP contribution in [0.25, 0.3) is 0 Å². The molecule has 5 atom stereocenters. The van der Waals surface area contributed by atoms with Crippen LogP contribution >= 0.6 is 0 Å². The van der Waals surface area contributed by atoms with E-state index in [1.165, 1.54) is 0 Å². The minimum absolute atomic E-state index is 0.651. The molecular weight excluding hydrogens is 263 g/mol. The Labute approximate surface area is 105 Å². The molecule has 4 N–H and O–H groups in total. The molecule has 1 aromatic heterocycles. The van der Waals surface area contributed by atoms with Crippen molar-refractivity contribution in [1.82, 2.24) is 9.55 Å². The third-order valence-corrected chi connectivity index (χ3v) is 2.95. The predicted molar refractivity (Wildman–Crippen MR) is 59.2 cm³/mol. The van der Waals surface area contributed by atoms with Gasteiger partial charge < -0.3 is 20.1 Å². The molecular formula is C10H13FN2O6. The Bertz CT molecular complexity index is 555. The lowest BCUT2D eigenvalue weighted by molar-refractivity contribution is -0.237. The second kappa shape index (κ2) is 5.21. The fraction of sp³-hybridized carbons (Fsp3) is 0.600. The summed E-state index contributed by atoms with van der Waals surface area (Å²) in [6.45, 7) is -0.678. The predicted octanol–water partition coefficient (Wildman–Crippen LogP) is -2.51. The molecule has 9 heteroatoms. The molecule has 1 aliphatic rings. The quantitative estimate of drug-likeness (QED) is 0.473. The molecule has 2 rings (SSSR count). The van der Waals surface area contributed by atoms with Crippen molar-refractivity contribution < 1.29 is 24.4 Å². The van der Waals surface area contributed by atoms with Crippen molar-refractivity contribution in [2.45, 2.75) is 30.7 Å². The zero-order valence-electron chi connectivity index (χ0n) is 9.64. The highest BCUT2D eigenvalue weighted by Crippen LogP contribution is 2.28. The van der Waals surface area contributed by atoms with Crippen LogP contribution in [0.15, 0.2) is 21.9 Å². The van der Waals surface area contributed by atoms with E-state index in [2.05, 4.69) is 0 Å². The van der Waals surface area contributed by atoms with Crippen molar-refractivity contribution in [3.8, 4) is 0 Å². The van der Waals surface area contributed by atoms with Crippen LogP contribution in [-0.2, 0) is 4.74 Å². The van der Waals surface area contributed by atoms with E-state index < -0.39 is 48.6 Å². The van der Waals surface area contributed by atoms with Crippen LogP contribution in [0.1, 0.15) is 6.23 Å². The van der Waals surface area contributed by atoms with Crippen molar-refractivity contribution >= 4 is 0 Å². The molecule has 0 spiro atoms. The number of aliphatic hydroxyl groups excluding tert-OH is 3. The Balaban J connectivity index is 2.38. The second-order valence-corrected chi connectivity index (χ2v) is 4.19. The van der Waals surface area contributed by atoms with Gasteiger partial charge in [0.25, 0.3) is 5.56 Å². The Morgan fingerprint density at radius 2 is 2.05 bits per heavy atom. The Morgan fingerprint density at radius 3 is 2.63 bits per heavy atom. The molecule has 2 heterocycles. The van der Waals surface area contributed by atoms with E-state index in [1.807, 2.05) is 4.98 Å². The third-order valence-electron chi connectivity index (χ3n) is 2.95. The van der Waals surface area contributed by atoms with Gasteiger partial charge in [0.05, 0.1) is 6.61 Å². The number of nitrogens with zero attached hydrogens (tertiary/aromatic N) is 1. The lowest BCUT2D eigenvalue weighted by atomic mass is 9.99. The van der Waals surface area contributed by atoms with Gasteiger partial charge >= 0.3 is 5.69 Å². The number of hydrogen-bond acceptors (Lipinski definition) is 6. The van der Waals surface area contributed by atoms with Crippen LogP contribution in [0, 0.1) is 0 Å². The van der Waals surface area contributed by atoms with Gasteiger partial charge in [0.15, 0.2) is 12.4 Å². The Hall–Kier alpha value is -1.55. The number of halogens is 1. The van der Waals surface area contributed by atoms with E-state index in [0.29, 0.717) is 0 Å². The molecule has 0 aliphatic carbocycles. The maximum absolute atomic E-state index is 13.7. The van der Waals surface area contributed by atoms with Crippen molar-refractivity contribution in [1.29, 1.82) is 0 Å². The first kappa shape index (κ1) is 13.9. The first-order valence-corrected chi connectivity index (χ1v) is 5.53. The van der Waals surface area contributed by atoms with Crippen LogP contribution in [0.5, 0.6) is 0 Å². The summed E-state index contributed by atoms with van der Waals surface area (Å²) in [5.41, 5.74) is -1.54. The summed E-state index contributed by atoms with van der Waals surface area (Å²) in [5.74, 6) is 0. The summed E-state index contributed by atoms with van der Waals surface area (Å²) >= 11 is 0. The van der Waals surface area contributed by atoms with Gasteiger partial charge in [-0.05, 0) is 0 Å². The number of H-pyrrole nitrogens is 1. The summed E-state index contributed by atoms with van der Waals surface area (Å²) in [5, 5.41) is 28.1. The molecule has 2 unspecified atom stereocenters. The van der Waals surface area contributed by atoms with Crippen molar-refractivity contribution in [3.63, 3.8) is 0 Å². The fourth-order valence-corrected chi connectivity index (χ4v) is 1.91. The van der Waals surface area contributed by atoms with Crippen LogP contribution in [-0.4, -0.2) is 56.0 Å².